The molecule has 0 aliphatic rings. The Morgan fingerprint density at radius 2 is 2.33 bits per heavy atom. The van der Waals surface area contributed by atoms with Crippen molar-refractivity contribution in [1.29, 1.82) is 0 Å². The zero-order chi connectivity index (χ0) is 11.3. The summed E-state index contributed by atoms with van der Waals surface area (Å²) in [6.45, 7) is 3.96. The van der Waals surface area contributed by atoms with E-state index in [1.807, 2.05) is 6.92 Å². The normalized spacial score (nSPS) is 10.1. The van der Waals surface area contributed by atoms with Crippen LogP contribution in [0.25, 0.3) is 0 Å². The van der Waals surface area contributed by atoms with Gasteiger partial charge in [0.05, 0.1) is 11.9 Å². The number of carbonyl (C=O) groups excluding carboxylic acids is 1. The largest absolute Gasteiger partial charge is 0.314 e. The molecule has 0 unspecified atom stereocenters. The Bertz CT molecular complexity index is 343. The van der Waals surface area contributed by atoms with Crippen LogP contribution in [0.1, 0.15) is 19.2 Å². The van der Waals surface area contributed by atoms with Crippen molar-refractivity contribution in [2.75, 3.05) is 17.7 Å². The van der Waals surface area contributed by atoms with Gasteiger partial charge in [0.1, 0.15) is 10.9 Å². The van der Waals surface area contributed by atoms with E-state index in [0.717, 1.165) is 35.1 Å². The van der Waals surface area contributed by atoms with E-state index in [1.165, 1.54) is 4.90 Å². The molecular weight excluding hydrogens is 210 g/mol. The number of amides is 1. The van der Waals surface area contributed by atoms with E-state index >= 15 is 0 Å². The van der Waals surface area contributed by atoms with Gasteiger partial charge in [0.15, 0.2) is 0 Å². The van der Waals surface area contributed by atoms with E-state index in [2.05, 4.69) is 16.9 Å². The number of hydrogen-bond acceptors (Lipinski definition) is 4. The predicted octanol–water partition coefficient (Wildman–Crippen LogP) is 1.88. The van der Waals surface area contributed by atoms with Crippen LogP contribution in [-0.4, -0.2) is 29.2 Å². The van der Waals surface area contributed by atoms with Gasteiger partial charge in [0.25, 0.3) is 0 Å². The fourth-order valence-electron chi connectivity index (χ4n) is 1.05. The summed E-state index contributed by atoms with van der Waals surface area (Å²) < 4.78 is 0. The molecular formula is C10H15N3OS. The van der Waals surface area contributed by atoms with Gasteiger partial charge in [0, 0.05) is 7.05 Å². The number of rotatable bonds is 5. The van der Waals surface area contributed by atoms with Gasteiger partial charge < -0.3 is 4.90 Å². The van der Waals surface area contributed by atoms with Gasteiger partial charge in [-0.2, -0.15) is 0 Å². The molecule has 0 radical (unpaired) electrons. The fraction of sp³-hybridized carbons (Fsp3) is 0.500. The Morgan fingerprint density at radius 1 is 1.60 bits per heavy atom. The molecule has 1 aromatic rings. The average Bonchev–Trinajstić information content (AvgIpc) is 2.25. The van der Waals surface area contributed by atoms with Gasteiger partial charge in [-0.1, -0.05) is 6.92 Å². The lowest BCUT2D eigenvalue weighted by atomic mass is 10.5. The summed E-state index contributed by atoms with van der Waals surface area (Å²) in [5.41, 5.74) is 0.772. The van der Waals surface area contributed by atoms with Crippen LogP contribution in [0, 0.1) is 6.92 Å². The highest BCUT2D eigenvalue weighted by molar-refractivity contribution is 7.99. The Labute approximate surface area is 94.1 Å². The van der Waals surface area contributed by atoms with E-state index in [1.54, 1.807) is 25.0 Å². The minimum Gasteiger partial charge on any atom is -0.314 e. The molecule has 1 amide bonds. The lowest BCUT2D eigenvalue weighted by Crippen LogP contribution is -2.16. The molecule has 82 valence electrons. The smallest absolute Gasteiger partial charge is 0.213 e. The van der Waals surface area contributed by atoms with Crippen LogP contribution in [0.2, 0.25) is 0 Å². The number of anilines is 1. The second-order valence-corrected chi connectivity index (χ2v) is 4.26. The Morgan fingerprint density at radius 3 is 2.93 bits per heavy atom. The Kier molecular flexibility index (Phi) is 4.55. The van der Waals surface area contributed by atoms with Crippen molar-refractivity contribution in [2.45, 2.75) is 25.3 Å². The summed E-state index contributed by atoms with van der Waals surface area (Å²) in [6.07, 6.45) is 3.54. The van der Waals surface area contributed by atoms with Crippen molar-refractivity contribution in [3.05, 3.63) is 12.0 Å². The molecule has 1 rings (SSSR count). The zero-order valence-corrected chi connectivity index (χ0v) is 10.0. The van der Waals surface area contributed by atoms with Crippen molar-refractivity contribution in [2.24, 2.45) is 0 Å². The minimum atomic E-state index is 0.733. The van der Waals surface area contributed by atoms with Gasteiger partial charge in [-0.3, -0.25) is 4.79 Å². The standard InChI is InChI=1S/C10H15N3OS/c1-4-5-15-10-9(13(3)7-14)6-11-8(2)12-10/h6-7H,4-5H2,1-3H3. The van der Waals surface area contributed by atoms with Crippen LogP contribution in [0.4, 0.5) is 5.69 Å². The summed E-state index contributed by atoms with van der Waals surface area (Å²) in [7, 11) is 1.71. The molecule has 0 aromatic carbocycles. The van der Waals surface area contributed by atoms with Crippen molar-refractivity contribution < 1.29 is 4.79 Å². The lowest BCUT2D eigenvalue weighted by Gasteiger charge is -2.14. The Hall–Kier alpha value is -1.10. The summed E-state index contributed by atoms with van der Waals surface area (Å²) in [4.78, 5) is 20.6. The first-order valence-corrected chi connectivity index (χ1v) is 5.82. The van der Waals surface area contributed by atoms with E-state index in [9.17, 15) is 4.79 Å². The maximum Gasteiger partial charge on any atom is 0.213 e. The predicted molar refractivity (Wildman–Crippen MR) is 62.3 cm³/mol. The summed E-state index contributed by atoms with van der Waals surface area (Å²) in [5, 5.41) is 0.874. The van der Waals surface area contributed by atoms with Crippen LogP contribution in [0.5, 0.6) is 0 Å². The number of nitrogens with zero attached hydrogens (tertiary/aromatic N) is 3. The third-order valence-corrected chi connectivity index (χ3v) is 3.02. The first-order valence-electron chi connectivity index (χ1n) is 4.83. The molecule has 5 heteroatoms. The third kappa shape index (κ3) is 3.20. The number of hydrogen-bond donors (Lipinski definition) is 0. The minimum absolute atomic E-state index is 0.733. The number of carbonyl (C=O) groups is 1. The highest BCUT2D eigenvalue weighted by Crippen LogP contribution is 2.26. The number of aryl methyl sites for hydroxylation is 1. The average molecular weight is 225 g/mol. The van der Waals surface area contributed by atoms with Crippen LogP contribution in [0.3, 0.4) is 0 Å². The molecule has 1 aromatic heterocycles. The first-order chi connectivity index (χ1) is 7.19. The van der Waals surface area contributed by atoms with Gasteiger partial charge in [-0.05, 0) is 19.1 Å². The number of thioether (sulfide) groups is 1. The molecule has 0 aliphatic carbocycles. The van der Waals surface area contributed by atoms with Gasteiger partial charge in [0.2, 0.25) is 6.41 Å². The zero-order valence-electron chi connectivity index (χ0n) is 9.23. The molecule has 0 fully saturated rings. The molecule has 0 N–H and O–H groups in total. The van der Waals surface area contributed by atoms with Crippen molar-refractivity contribution in [3.63, 3.8) is 0 Å². The first kappa shape index (κ1) is 12.0. The van der Waals surface area contributed by atoms with Crippen LogP contribution < -0.4 is 4.90 Å². The van der Waals surface area contributed by atoms with Gasteiger partial charge >= 0.3 is 0 Å². The number of aromatic nitrogens is 2. The molecule has 0 bridgehead atoms. The molecule has 0 atom stereocenters. The van der Waals surface area contributed by atoms with Crippen LogP contribution >= 0.6 is 11.8 Å². The Balaban J connectivity index is 2.97. The van der Waals surface area contributed by atoms with E-state index in [-0.39, 0.29) is 0 Å². The fourth-order valence-corrected chi connectivity index (χ4v) is 1.99. The summed E-state index contributed by atoms with van der Waals surface area (Å²) in [5.74, 6) is 1.73. The van der Waals surface area contributed by atoms with Crippen molar-refractivity contribution in [3.8, 4) is 0 Å². The molecule has 0 aliphatic heterocycles. The highest BCUT2D eigenvalue weighted by Gasteiger charge is 2.09. The molecule has 0 saturated carbocycles. The van der Waals surface area contributed by atoms with Crippen molar-refractivity contribution >= 4 is 23.9 Å². The quantitative estimate of drug-likeness (QED) is 0.436. The van der Waals surface area contributed by atoms with Crippen molar-refractivity contribution in [1.82, 2.24) is 9.97 Å². The van der Waals surface area contributed by atoms with Gasteiger partial charge in [-0.25, -0.2) is 9.97 Å². The summed E-state index contributed by atoms with van der Waals surface area (Å²) in [6, 6.07) is 0. The maximum absolute atomic E-state index is 10.7. The molecule has 1 heterocycles. The van der Waals surface area contributed by atoms with E-state index in [4.69, 9.17) is 0 Å². The van der Waals surface area contributed by atoms with E-state index in [0.29, 0.717) is 0 Å². The second kappa shape index (κ2) is 5.70. The van der Waals surface area contributed by atoms with Crippen LogP contribution in [-0.2, 0) is 4.79 Å². The van der Waals surface area contributed by atoms with E-state index < -0.39 is 0 Å². The monoisotopic (exact) mass is 225 g/mol. The third-order valence-electron chi connectivity index (χ3n) is 1.84. The highest BCUT2D eigenvalue weighted by atomic mass is 32.2. The molecule has 4 nitrogen and oxygen atoms in total. The topological polar surface area (TPSA) is 46.1 Å². The molecule has 15 heavy (non-hydrogen) atoms. The molecule has 0 saturated heterocycles. The molecule has 0 spiro atoms. The SMILES string of the molecule is CCCSc1nc(C)ncc1N(C)C=O. The maximum atomic E-state index is 10.7. The van der Waals surface area contributed by atoms with Crippen LogP contribution in [0.15, 0.2) is 11.2 Å². The summed E-state index contributed by atoms with van der Waals surface area (Å²) >= 11 is 1.65. The second-order valence-electron chi connectivity index (χ2n) is 3.17. The lowest BCUT2D eigenvalue weighted by molar-refractivity contribution is -0.107. The van der Waals surface area contributed by atoms with Gasteiger partial charge in [-0.15, -0.1) is 11.8 Å².